The Bertz CT molecular complexity index is 1290. The zero-order chi connectivity index (χ0) is 27.5. The summed E-state index contributed by atoms with van der Waals surface area (Å²) in [7, 11) is -0.641. The van der Waals surface area contributed by atoms with E-state index in [1.165, 1.54) is 11.4 Å². The van der Waals surface area contributed by atoms with Crippen molar-refractivity contribution >= 4 is 33.8 Å². The second-order valence-electron chi connectivity index (χ2n) is 9.34. The zero-order valence-corrected chi connectivity index (χ0v) is 22.8. The lowest BCUT2D eigenvalue weighted by Crippen LogP contribution is -2.50. The average Bonchev–Trinajstić information content (AvgIpc) is 2.84. The predicted octanol–water partition coefficient (Wildman–Crippen LogP) is 3.56. The van der Waals surface area contributed by atoms with Gasteiger partial charge in [0.2, 0.25) is 0 Å². The Morgan fingerprint density at radius 2 is 1.65 bits per heavy atom. The molecule has 0 N–H and O–H groups in total. The van der Waals surface area contributed by atoms with Crippen molar-refractivity contribution in [3.63, 3.8) is 0 Å². The molecule has 1 spiro atoms. The monoisotopic (exact) mass is 532 g/mol. The van der Waals surface area contributed by atoms with E-state index in [9.17, 15) is 22.8 Å². The van der Waals surface area contributed by atoms with Crippen LogP contribution in [0.5, 0.6) is 0 Å². The number of hydrogen-bond acceptors (Lipinski definition) is 8. The summed E-state index contributed by atoms with van der Waals surface area (Å²) in [6, 6.07) is 3.78. The molecule has 0 unspecified atom stereocenters. The topological polar surface area (TPSA) is 120 Å². The van der Waals surface area contributed by atoms with E-state index in [0.717, 1.165) is 30.8 Å². The third-order valence-electron chi connectivity index (χ3n) is 6.94. The smallest absolute Gasteiger partial charge is 0.452 e. The third kappa shape index (κ3) is 5.65. The highest BCUT2D eigenvalue weighted by Crippen LogP contribution is 2.49. The minimum Gasteiger partial charge on any atom is -0.452 e. The van der Waals surface area contributed by atoms with Crippen molar-refractivity contribution in [3.05, 3.63) is 40.1 Å². The van der Waals surface area contributed by atoms with Gasteiger partial charge in [-0.25, -0.2) is 9.59 Å². The van der Waals surface area contributed by atoms with Crippen molar-refractivity contribution in [3.8, 4) is 11.8 Å². The molecule has 1 amide bonds. The van der Waals surface area contributed by atoms with Crippen LogP contribution in [0.15, 0.2) is 17.9 Å². The van der Waals surface area contributed by atoms with Crippen LogP contribution in [0.1, 0.15) is 54.9 Å². The van der Waals surface area contributed by atoms with Crippen LogP contribution >= 0.6 is 0 Å². The molecule has 0 saturated carbocycles. The Morgan fingerprint density at radius 3 is 2.16 bits per heavy atom. The van der Waals surface area contributed by atoms with Gasteiger partial charge in [-0.05, 0) is 67.9 Å². The highest BCUT2D eigenvalue weighted by atomic mass is 32.2. The van der Waals surface area contributed by atoms with Gasteiger partial charge in [0, 0.05) is 38.5 Å². The summed E-state index contributed by atoms with van der Waals surface area (Å²) in [5.41, 5.74) is 2.91. The Labute approximate surface area is 217 Å². The van der Waals surface area contributed by atoms with Gasteiger partial charge in [0.25, 0.3) is 0 Å². The van der Waals surface area contributed by atoms with Crippen LogP contribution in [0.2, 0.25) is 0 Å². The van der Waals surface area contributed by atoms with Gasteiger partial charge < -0.3 is 14.2 Å². The number of nitrogens with zero attached hydrogens (tertiary/aromatic N) is 2. The van der Waals surface area contributed by atoms with Crippen molar-refractivity contribution in [1.82, 2.24) is 8.61 Å². The molecule has 1 saturated heterocycles. The van der Waals surface area contributed by atoms with Gasteiger partial charge in [0.1, 0.15) is 5.76 Å². The van der Waals surface area contributed by atoms with Crippen LogP contribution < -0.4 is 0 Å². The molecule has 200 valence electrons. The van der Waals surface area contributed by atoms with Crippen molar-refractivity contribution in [2.24, 2.45) is 5.41 Å². The van der Waals surface area contributed by atoms with Crippen molar-refractivity contribution in [1.29, 1.82) is 0 Å². The van der Waals surface area contributed by atoms with Gasteiger partial charge in [-0.3, -0.25) is 4.79 Å². The van der Waals surface area contributed by atoms with E-state index in [1.54, 1.807) is 6.92 Å². The second kappa shape index (κ2) is 10.9. The molecule has 1 heterocycles. The predicted molar refractivity (Wildman–Crippen MR) is 135 cm³/mol. The Morgan fingerprint density at radius 1 is 1.05 bits per heavy atom. The van der Waals surface area contributed by atoms with Gasteiger partial charge in [-0.2, -0.15) is 17.0 Å². The summed E-state index contributed by atoms with van der Waals surface area (Å²) >= 11 is 0. The molecule has 1 aromatic carbocycles. The highest BCUT2D eigenvalue weighted by molar-refractivity contribution is 7.87. The molecule has 37 heavy (non-hydrogen) atoms. The van der Waals surface area contributed by atoms with Gasteiger partial charge in [0.15, 0.2) is 5.78 Å². The number of ketones is 1. The van der Waals surface area contributed by atoms with Gasteiger partial charge >= 0.3 is 22.5 Å². The van der Waals surface area contributed by atoms with E-state index in [2.05, 4.69) is 16.6 Å². The SMILES string of the molecule is CC#Cc1cc(C)c(C2=C(OC(=O)OC)CC3(CCN(S(=O)(=O)N(C)C(=O)OC)CC3)CC2=O)c(C)c1. The van der Waals surface area contributed by atoms with Crippen LogP contribution in [0.3, 0.4) is 0 Å². The number of hydrogen-bond donors (Lipinski definition) is 0. The quantitative estimate of drug-likeness (QED) is 0.427. The van der Waals surface area contributed by atoms with E-state index in [-0.39, 0.29) is 37.5 Å². The lowest BCUT2D eigenvalue weighted by atomic mass is 9.66. The van der Waals surface area contributed by atoms with Crippen molar-refractivity contribution in [2.75, 3.05) is 34.4 Å². The molecular weight excluding hydrogens is 500 g/mol. The number of aryl methyl sites for hydroxylation is 2. The first kappa shape index (κ1) is 28.2. The Kier molecular flexibility index (Phi) is 8.35. The molecule has 1 aromatic rings. The molecule has 0 aromatic heterocycles. The number of methoxy groups -OCH3 is 2. The van der Waals surface area contributed by atoms with E-state index in [1.807, 2.05) is 26.0 Å². The molecule has 3 rings (SSSR count). The Hall–Kier alpha value is -3.36. The molecular formula is C26H32N2O8S. The molecule has 1 aliphatic carbocycles. The van der Waals surface area contributed by atoms with E-state index < -0.39 is 27.9 Å². The summed E-state index contributed by atoms with van der Waals surface area (Å²) in [5.74, 6) is 5.92. The zero-order valence-electron chi connectivity index (χ0n) is 22.0. The summed E-state index contributed by atoms with van der Waals surface area (Å²) in [4.78, 5) is 37.6. The number of rotatable bonds is 4. The fourth-order valence-corrected chi connectivity index (χ4v) is 6.35. The molecule has 10 nitrogen and oxygen atoms in total. The van der Waals surface area contributed by atoms with Crippen molar-refractivity contribution in [2.45, 2.75) is 46.5 Å². The molecule has 1 aliphatic heterocycles. The number of piperidine rings is 1. The van der Waals surface area contributed by atoms with Gasteiger partial charge in [-0.15, -0.1) is 5.92 Å². The number of carbonyl (C=O) groups excluding carboxylic acids is 3. The van der Waals surface area contributed by atoms with Crippen molar-refractivity contribution < 1.29 is 37.0 Å². The number of amides is 1. The minimum atomic E-state index is -4.07. The fourth-order valence-electron chi connectivity index (χ4n) is 5.10. The summed E-state index contributed by atoms with van der Waals surface area (Å²) in [6.07, 6.45) is -0.794. The highest BCUT2D eigenvalue weighted by Gasteiger charge is 2.46. The maximum Gasteiger partial charge on any atom is 0.513 e. The van der Waals surface area contributed by atoms with E-state index in [4.69, 9.17) is 9.47 Å². The third-order valence-corrected chi connectivity index (χ3v) is 8.80. The summed E-state index contributed by atoms with van der Waals surface area (Å²) in [5, 5.41) is 0. The van der Waals surface area contributed by atoms with Gasteiger partial charge in [0.05, 0.1) is 19.8 Å². The maximum atomic E-state index is 13.7. The number of benzene rings is 1. The van der Waals surface area contributed by atoms with Crippen LogP contribution in [0, 0.1) is 31.1 Å². The van der Waals surface area contributed by atoms with Crippen LogP contribution in [-0.2, 0) is 29.2 Å². The fraction of sp³-hybridized carbons (Fsp3) is 0.500. The maximum absolute atomic E-state index is 13.7. The average molecular weight is 533 g/mol. The van der Waals surface area contributed by atoms with Crippen LogP contribution in [-0.4, -0.2) is 69.4 Å². The molecule has 0 radical (unpaired) electrons. The van der Waals surface area contributed by atoms with Crippen LogP contribution in [0.25, 0.3) is 5.57 Å². The molecule has 11 heteroatoms. The number of allylic oxidation sites excluding steroid dienone is 2. The van der Waals surface area contributed by atoms with Gasteiger partial charge in [-0.1, -0.05) is 5.92 Å². The van der Waals surface area contributed by atoms with E-state index in [0.29, 0.717) is 28.3 Å². The van der Waals surface area contributed by atoms with E-state index >= 15 is 0 Å². The largest absolute Gasteiger partial charge is 0.513 e. The normalized spacial score (nSPS) is 17.6. The number of carbonyl (C=O) groups is 3. The summed E-state index contributed by atoms with van der Waals surface area (Å²) in [6.45, 7) is 5.70. The molecule has 1 fully saturated rings. The minimum absolute atomic E-state index is 0.0974. The Balaban J connectivity index is 1.97. The first-order valence-electron chi connectivity index (χ1n) is 11.8. The molecule has 0 bridgehead atoms. The lowest BCUT2D eigenvalue weighted by Gasteiger charge is -2.44. The first-order chi connectivity index (χ1) is 17.4. The lowest BCUT2D eigenvalue weighted by molar-refractivity contribution is -0.117. The summed E-state index contributed by atoms with van der Waals surface area (Å²) < 4.78 is 42.2. The molecule has 2 aliphatic rings. The standard InChI is InChI=1S/C26H32N2O8S/c1-7-8-19-13-17(2)22(18(3)14-19)23-20(29)15-26(16-21(23)36-25(31)35-6)9-11-28(12-10-26)37(32,33)27(4)24(30)34-5/h13-14H,9-12,15-16H2,1-6H3. The number of ether oxygens (including phenoxy) is 3. The van der Waals surface area contributed by atoms with Crippen LogP contribution in [0.4, 0.5) is 9.59 Å². The number of Topliss-reactive ketones (excluding diaryl/α,β-unsaturated/α-hetero) is 1. The second-order valence-corrected chi connectivity index (χ2v) is 11.3. The first-order valence-corrected chi connectivity index (χ1v) is 13.2. The molecule has 0 atom stereocenters.